The Morgan fingerprint density at radius 3 is 1.25 bits per heavy atom. The van der Waals surface area contributed by atoms with Crippen molar-refractivity contribution in [1.29, 1.82) is 0 Å². The van der Waals surface area contributed by atoms with Crippen molar-refractivity contribution in [2.75, 3.05) is 0 Å². The molecule has 0 radical (unpaired) electrons. The van der Waals surface area contributed by atoms with Gasteiger partial charge in [-0.25, -0.2) is 0 Å². The van der Waals surface area contributed by atoms with E-state index in [0.717, 1.165) is 43.9 Å². The Morgan fingerprint density at radius 1 is 0.321 bits per heavy atom. The molecule has 12 aromatic rings. The van der Waals surface area contributed by atoms with Gasteiger partial charge in [0.2, 0.25) is 0 Å². The molecule has 3 nitrogen and oxygen atoms in total. The highest BCUT2D eigenvalue weighted by Crippen LogP contribution is 2.44. The highest BCUT2D eigenvalue weighted by Gasteiger charge is 2.43. The van der Waals surface area contributed by atoms with Crippen molar-refractivity contribution in [1.82, 2.24) is 4.57 Å². The minimum Gasteiger partial charge on any atom is -0.457 e. The lowest BCUT2D eigenvalue weighted by atomic mass is 9.31. The highest BCUT2D eigenvalue weighted by atomic mass is 16.3. The molecule has 5 heterocycles. The number of hydrogen-bond acceptors (Lipinski definition) is 2. The van der Waals surface area contributed by atoms with E-state index in [4.69, 9.17) is 8.83 Å². The van der Waals surface area contributed by atoms with Crippen LogP contribution in [0.1, 0.15) is 0 Å². The van der Waals surface area contributed by atoms with E-state index in [2.05, 4.69) is 156 Å². The summed E-state index contributed by atoms with van der Waals surface area (Å²) in [5.74, 6) is 0. The van der Waals surface area contributed by atoms with Crippen LogP contribution in [0.5, 0.6) is 0 Å². The zero-order valence-electron chi connectivity index (χ0n) is 28.4. The average molecular weight is 669 g/mol. The molecule has 0 bridgehead atoms. The molecule has 0 amide bonds. The average Bonchev–Trinajstić information content (AvgIpc) is 3.90. The first-order valence-electron chi connectivity index (χ1n) is 18.5. The summed E-state index contributed by atoms with van der Waals surface area (Å²) in [5, 5.41) is 12.6. The Bertz CT molecular complexity index is 3370. The third-order valence-electron chi connectivity index (χ3n) is 12.7. The molecule has 3 aromatic heterocycles. The Morgan fingerprint density at radius 2 is 0.736 bits per heavy atom. The van der Waals surface area contributed by atoms with Crippen LogP contribution < -0.4 is 32.8 Å². The predicted octanol–water partition coefficient (Wildman–Crippen LogP) is 7.99. The van der Waals surface area contributed by atoms with Crippen molar-refractivity contribution in [2.24, 2.45) is 0 Å². The fourth-order valence-electron chi connectivity index (χ4n) is 10.7. The van der Waals surface area contributed by atoms with Gasteiger partial charge in [-0.15, -0.1) is 0 Å². The van der Waals surface area contributed by atoms with Gasteiger partial charge in [0.05, 0.1) is 0 Å². The second kappa shape index (κ2) is 9.20. The maximum absolute atomic E-state index is 6.79. The molecule has 5 heteroatoms. The summed E-state index contributed by atoms with van der Waals surface area (Å²) in [6.45, 7) is -0.0465. The molecule has 14 rings (SSSR count). The second-order valence-corrected chi connectivity index (χ2v) is 15.0. The first-order valence-corrected chi connectivity index (χ1v) is 18.5. The molecule has 0 atom stereocenters. The lowest BCUT2D eigenvalue weighted by Gasteiger charge is -2.34. The number of hydrogen-bond donors (Lipinski definition) is 0. The number of rotatable bonds is 2. The van der Waals surface area contributed by atoms with Crippen molar-refractivity contribution in [3.63, 3.8) is 0 Å². The molecule has 9 aromatic carbocycles. The van der Waals surface area contributed by atoms with Crippen LogP contribution in [-0.4, -0.2) is 18.0 Å². The van der Waals surface area contributed by atoms with Gasteiger partial charge in [-0.3, -0.25) is 0 Å². The van der Waals surface area contributed by atoms with Gasteiger partial charge in [0.1, 0.15) is 22.3 Å². The molecule has 2 aliphatic heterocycles. The quantitative estimate of drug-likeness (QED) is 0.138. The second-order valence-electron chi connectivity index (χ2n) is 15.0. The molecule has 0 unspecified atom stereocenters. The van der Waals surface area contributed by atoms with E-state index < -0.39 is 0 Å². The number of para-hydroxylation sites is 5. The molecule has 0 spiro atoms. The predicted molar refractivity (Wildman–Crippen MR) is 224 cm³/mol. The zero-order valence-corrected chi connectivity index (χ0v) is 28.4. The summed E-state index contributed by atoms with van der Waals surface area (Å²) >= 11 is 0. The fraction of sp³-hybridized carbons (Fsp3) is 0. The molecule has 0 N–H and O–H groups in total. The van der Waals surface area contributed by atoms with E-state index in [1.807, 2.05) is 0 Å². The Kier molecular flexibility index (Phi) is 4.69. The third-order valence-corrected chi connectivity index (χ3v) is 12.7. The van der Waals surface area contributed by atoms with Gasteiger partial charge in [0, 0.05) is 49.0 Å². The largest absolute Gasteiger partial charge is 0.457 e. The Labute approximate surface area is 303 Å². The number of benzene rings is 9. The van der Waals surface area contributed by atoms with Gasteiger partial charge in [-0.2, -0.15) is 0 Å². The molecule has 0 saturated heterocycles. The topological polar surface area (TPSA) is 31.2 Å². The molecule has 0 fully saturated rings. The maximum atomic E-state index is 6.79. The molecule has 240 valence electrons. The lowest BCUT2D eigenvalue weighted by Crippen LogP contribution is -2.63. The SMILES string of the molecule is c1cc2c3c(c1)B(c1cccc4c1oc1ccccc14)c1ccc4c5ccccc5c5ccc(c6c5c4c1n6-3)B2c1cccc2c1oc1ccccc12. The van der Waals surface area contributed by atoms with Crippen LogP contribution in [0.4, 0.5) is 0 Å². The smallest absolute Gasteiger partial charge is 0.251 e. The van der Waals surface area contributed by atoms with Crippen molar-refractivity contribution in [2.45, 2.75) is 0 Å². The van der Waals surface area contributed by atoms with Crippen LogP contribution in [0.3, 0.4) is 0 Å². The highest BCUT2D eigenvalue weighted by molar-refractivity contribution is 7.03. The van der Waals surface area contributed by atoms with Crippen LogP contribution in [0.15, 0.2) is 160 Å². The fourth-order valence-corrected chi connectivity index (χ4v) is 10.7. The van der Waals surface area contributed by atoms with Gasteiger partial charge in [-0.05, 0) is 66.5 Å². The summed E-state index contributed by atoms with van der Waals surface area (Å²) < 4.78 is 16.2. The first kappa shape index (κ1) is 27.0. The third kappa shape index (κ3) is 3.07. The lowest BCUT2D eigenvalue weighted by molar-refractivity contribution is 0.671. The van der Waals surface area contributed by atoms with Crippen LogP contribution in [0.2, 0.25) is 0 Å². The van der Waals surface area contributed by atoms with Crippen LogP contribution in [0.25, 0.3) is 92.9 Å². The number of nitrogens with zero attached hydrogens (tertiary/aromatic N) is 1. The van der Waals surface area contributed by atoms with E-state index in [1.165, 1.54) is 81.8 Å². The summed E-state index contributed by atoms with van der Waals surface area (Å²) in [6, 6.07) is 55.8. The van der Waals surface area contributed by atoms with E-state index in [9.17, 15) is 0 Å². The number of fused-ring (bicyclic) bond motifs is 9. The number of aromatic nitrogens is 1. The summed E-state index contributed by atoms with van der Waals surface area (Å²) in [7, 11) is 0. The molecular formula is C48H25B2NO2. The van der Waals surface area contributed by atoms with Crippen LogP contribution >= 0.6 is 0 Å². The van der Waals surface area contributed by atoms with Gasteiger partial charge in [0.15, 0.2) is 0 Å². The zero-order chi connectivity index (χ0) is 34.1. The Hall–Kier alpha value is -6.71. The normalized spacial score (nSPS) is 13.6. The molecule has 0 aliphatic carbocycles. The summed E-state index contributed by atoms with van der Waals surface area (Å²) in [6.07, 6.45) is 0. The Balaban J connectivity index is 1.20. The van der Waals surface area contributed by atoms with E-state index >= 15 is 0 Å². The van der Waals surface area contributed by atoms with E-state index in [0.29, 0.717) is 0 Å². The molecule has 0 saturated carbocycles. The summed E-state index contributed by atoms with van der Waals surface area (Å²) in [5.41, 5.74) is 15.4. The van der Waals surface area contributed by atoms with Crippen LogP contribution in [-0.2, 0) is 0 Å². The minimum absolute atomic E-state index is 0.0233. The van der Waals surface area contributed by atoms with Crippen molar-refractivity contribution < 1.29 is 8.83 Å². The molecule has 2 aliphatic rings. The number of furan rings is 2. The first-order chi connectivity index (χ1) is 26.3. The van der Waals surface area contributed by atoms with Crippen molar-refractivity contribution in [3.8, 4) is 5.69 Å². The van der Waals surface area contributed by atoms with Gasteiger partial charge in [-0.1, -0.05) is 140 Å². The monoisotopic (exact) mass is 669 g/mol. The summed E-state index contributed by atoms with van der Waals surface area (Å²) in [4.78, 5) is 0. The maximum Gasteiger partial charge on any atom is 0.251 e. The van der Waals surface area contributed by atoms with Crippen LogP contribution in [0, 0.1) is 0 Å². The van der Waals surface area contributed by atoms with E-state index in [1.54, 1.807) is 0 Å². The molecule has 53 heavy (non-hydrogen) atoms. The van der Waals surface area contributed by atoms with Crippen molar-refractivity contribution >= 4 is 133 Å². The van der Waals surface area contributed by atoms with Gasteiger partial charge in [0.25, 0.3) is 13.4 Å². The molecular weight excluding hydrogens is 644 g/mol. The minimum atomic E-state index is -0.0233. The van der Waals surface area contributed by atoms with Gasteiger partial charge >= 0.3 is 0 Å². The standard InChI is InChI=1S/C48H25B2NO2/c1-2-11-27-26(10-1)30-22-24-36-45-42(30)43-31(27)23-25-37-46(43)51(45)44-34(49(36)38-18-7-14-32-28-12-3-5-20-40(28)52-47(32)38)16-9-17-35(44)50(37)39-19-8-15-33-29-13-4-6-21-41(29)53-48(33)39/h1-25H. The van der Waals surface area contributed by atoms with Crippen molar-refractivity contribution in [3.05, 3.63) is 152 Å². The van der Waals surface area contributed by atoms with E-state index in [-0.39, 0.29) is 13.4 Å². The van der Waals surface area contributed by atoms with Gasteiger partial charge < -0.3 is 13.4 Å².